The molecule has 35 heavy (non-hydrogen) atoms. The number of aromatic nitrogens is 5. The number of aryl methyl sites for hydroxylation is 1. The van der Waals surface area contributed by atoms with Crippen molar-refractivity contribution in [2.75, 3.05) is 7.11 Å². The zero-order valence-corrected chi connectivity index (χ0v) is 19.7. The first-order valence-corrected chi connectivity index (χ1v) is 11.5. The largest absolute Gasteiger partial charge is 0.494 e. The van der Waals surface area contributed by atoms with Gasteiger partial charge in [-0.2, -0.15) is 4.80 Å². The standard InChI is InChI=1S/C24H28FN7O3/c1-14-9-18(23-29-31-32(30-23)13-15-3-6-17(7-4-15)22(26)33)11-20(28-14)24(34)27-12-16-5-8-19(25)21(10-16)35-2/h5,8-11,15,17H,3-4,6-7,12-13H2,1-2H3,(H2,26,33)(H,27,34)/t15-,17-. The molecule has 184 valence electrons. The molecule has 2 aromatic heterocycles. The first kappa shape index (κ1) is 24.2. The number of hydrogen-bond acceptors (Lipinski definition) is 7. The molecule has 2 amide bonds. The number of hydrogen-bond donors (Lipinski definition) is 2. The molecular weight excluding hydrogens is 453 g/mol. The summed E-state index contributed by atoms with van der Waals surface area (Å²) in [5.41, 5.74) is 7.59. The molecular formula is C24H28FN7O3. The molecule has 2 heterocycles. The van der Waals surface area contributed by atoms with E-state index in [1.165, 1.54) is 19.2 Å². The Bertz CT molecular complexity index is 1220. The number of tetrazole rings is 1. The number of amides is 2. The highest BCUT2D eigenvalue weighted by Crippen LogP contribution is 2.29. The lowest BCUT2D eigenvalue weighted by atomic mass is 9.82. The van der Waals surface area contributed by atoms with Crippen LogP contribution >= 0.6 is 0 Å². The van der Waals surface area contributed by atoms with Crippen LogP contribution in [0.3, 0.4) is 0 Å². The van der Waals surface area contributed by atoms with E-state index in [-0.39, 0.29) is 35.7 Å². The highest BCUT2D eigenvalue weighted by molar-refractivity contribution is 5.93. The van der Waals surface area contributed by atoms with E-state index in [1.807, 2.05) is 0 Å². The van der Waals surface area contributed by atoms with E-state index < -0.39 is 5.82 Å². The number of ether oxygens (including phenoxy) is 1. The molecule has 4 rings (SSSR count). The average Bonchev–Trinajstić information content (AvgIpc) is 3.31. The molecule has 3 N–H and O–H groups in total. The third-order valence-electron chi connectivity index (χ3n) is 6.24. The maximum absolute atomic E-state index is 13.6. The Morgan fingerprint density at radius 2 is 1.97 bits per heavy atom. The van der Waals surface area contributed by atoms with Gasteiger partial charge in [-0.05, 0) is 73.6 Å². The predicted octanol–water partition coefficient (Wildman–Crippen LogP) is 2.41. The minimum Gasteiger partial charge on any atom is -0.494 e. The van der Waals surface area contributed by atoms with Crippen LogP contribution in [0.1, 0.15) is 47.4 Å². The van der Waals surface area contributed by atoms with Crippen molar-refractivity contribution in [3.05, 3.63) is 53.1 Å². The number of pyridine rings is 1. The van der Waals surface area contributed by atoms with Gasteiger partial charge in [-0.25, -0.2) is 9.37 Å². The number of rotatable bonds is 8. The average molecular weight is 482 g/mol. The number of benzene rings is 1. The summed E-state index contributed by atoms with van der Waals surface area (Å²) < 4.78 is 18.6. The van der Waals surface area contributed by atoms with Gasteiger partial charge in [0, 0.05) is 23.7 Å². The van der Waals surface area contributed by atoms with Gasteiger partial charge in [0.15, 0.2) is 11.6 Å². The minimum atomic E-state index is -0.466. The second kappa shape index (κ2) is 10.6. The summed E-state index contributed by atoms with van der Waals surface area (Å²) in [6.07, 6.45) is 3.36. The van der Waals surface area contributed by atoms with Crippen molar-refractivity contribution in [2.45, 2.75) is 45.7 Å². The third kappa shape index (κ3) is 5.97. The maximum atomic E-state index is 13.6. The topological polar surface area (TPSA) is 138 Å². The van der Waals surface area contributed by atoms with Crippen LogP contribution in [-0.4, -0.2) is 44.1 Å². The van der Waals surface area contributed by atoms with Crippen LogP contribution in [0, 0.1) is 24.6 Å². The number of primary amides is 1. The third-order valence-corrected chi connectivity index (χ3v) is 6.24. The van der Waals surface area contributed by atoms with Crippen molar-refractivity contribution in [1.29, 1.82) is 0 Å². The Kier molecular flexibility index (Phi) is 7.33. The molecule has 1 aliphatic carbocycles. The Balaban J connectivity index is 1.40. The van der Waals surface area contributed by atoms with E-state index in [2.05, 4.69) is 25.7 Å². The highest BCUT2D eigenvalue weighted by atomic mass is 19.1. The van der Waals surface area contributed by atoms with Gasteiger partial charge in [-0.1, -0.05) is 6.07 Å². The lowest BCUT2D eigenvalue weighted by Gasteiger charge is -2.25. The fraction of sp³-hybridized carbons (Fsp3) is 0.417. The Morgan fingerprint density at radius 1 is 1.20 bits per heavy atom. The van der Waals surface area contributed by atoms with Crippen LogP contribution in [0.15, 0.2) is 30.3 Å². The van der Waals surface area contributed by atoms with Crippen LogP contribution in [-0.2, 0) is 17.9 Å². The van der Waals surface area contributed by atoms with Gasteiger partial charge in [0.2, 0.25) is 11.7 Å². The zero-order chi connectivity index (χ0) is 24.9. The molecule has 11 heteroatoms. The summed E-state index contributed by atoms with van der Waals surface area (Å²) >= 11 is 0. The SMILES string of the molecule is COc1cc(CNC(=O)c2cc(-c3nnn(C[C@H]4CC[C@H](C(N)=O)CC4)n3)cc(C)n2)ccc1F. The van der Waals surface area contributed by atoms with Crippen molar-refractivity contribution in [3.8, 4) is 17.1 Å². The Morgan fingerprint density at radius 3 is 2.69 bits per heavy atom. The summed E-state index contributed by atoms with van der Waals surface area (Å²) in [6.45, 7) is 2.58. The lowest BCUT2D eigenvalue weighted by molar-refractivity contribution is -0.123. The smallest absolute Gasteiger partial charge is 0.270 e. The van der Waals surface area contributed by atoms with Gasteiger partial charge in [0.1, 0.15) is 5.69 Å². The summed E-state index contributed by atoms with van der Waals surface area (Å²) in [7, 11) is 1.39. The molecule has 10 nitrogen and oxygen atoms in total. The summed E-state index contributed by atoms with van der Waals surface area (Å²) in [5, 5.41) is 15.6. The molecule has 0 unspecified atom stereocenters. The number of nitrogens with one attached hydrogen (secondary N) is 1. The van der Waals surface area contributed by atoms with E-state index in [9.17, 15) is 14.0 Å². The fourth-order valence-corrected chi connectivity index (χ4v) is 4.30. The van der Waals surface area contributed by atoms with Crippen LogP contribution in [0.5, 0.6) is 5.75 Å². The van der Waals surface area contributed by atoms with Crippen molar-refractivity contribution >= 4 is 11.8 Å². The van der Waals surface area contributed by atoms with Crippen LogP contribution in [0.25, 0.3) is 11.4 Å². The van der Waals surface area contributed by atoms with Gasteiger partial charge in [-0.3, -0.25) is 9.59 Å². The first-order valence-electron chi connectivity index (χ1n) is 11.5. The number of nitrogens with zero attached hydrogens (tertiary/aromatic N) is 5. The van der Waals surface area contributed by atoms with Crippen molar-refractivity contribution in [1.82, 2.24) is 30.5 Å². The van der Waals surface area contributed by atoms with Crippen molar-refractivity contribution in [2.24, 2.45) is 17.6 Å². The molecule has 0 aliphatic heterocycles. The fourth-order valence-electron chi connectivity index (χ4n) is 4.30. The molecule has 1 aromatic carbocycles. The van der Waals surface area contributed by atoms with E-state index in [0.717, 1.165) is 25.7 Å². The van der Waals surface area contributed by atoms with E-state index in [1.54, 1.807) is 29.9 Å². The van der Waals surface area contributed by atoms with Gasteiger partial charge in [0.05, 0.1) is 13.7 Å². The van der Waals surface area contributed by atoms with Crippen molar-refractivity contribution in [3.63, 3.8) is 0 Å². The van der Waals surface area contributed by atoms with Crippen LogP contribution in [0.4, 0.5) is 4.39 Å². The molecule has 0 radical (unpaired) electrons. The molecule has 1 fully saturated rings. The number of halogens is 1. The molecule has 0 atom stereocenters. The number of carbonyl (C=O) groups is 2. The van der Waals surface area contributed by atoms with Gasteiger partial charge >= 0.3 is 0 Å². The molecule has 1 saturated carbocycles. The van der Waals surface area contributed by atoms with Crippen LogP contribution < -0.4 is 15.8 Å². The summed E-state index contributed by atoms with van der Waals surface area (Å²) in [4.78, 5) is 30.0. The molecule has 0 saturated heterocycles. The molecule has 3 aromatic rings. The van der Waals surface area contributed by atoms with Crippen molar-refractivity contribution < 1.29 is 18.7 Å². The first-order chi connectivity index (χ1) is 16.8. The Hall–Kier alpha value is -3.89. The van der Waals surface area contributed by atoms with Gasteiger partial charge in [0.25, 0.3) is 5.91 Å². The second-order valence-electron chi connectivity index (χ2n) is 8.82. The number of methoxy groups -OCH3 is 1. The highest BCUT2D eigenvalue weighted by Gasteiger charge is 2.25. The zero-order valence-electron chi connectivity index (χ0n) is 19.7. The second-order valence-corrected chi connectivity index (χ2v) is 8.82. The van der Waals surface area contributed by atoms with E-state index in [0.29, 0.717) is 35.1 Å². The normalized spacial score (nSPS) is 17.7. The molecule has 0 bridgehead atoms. The minimum absolute atomic E-state index is 0.0417. The quantitative estimate of drug-likeness (QED) is 0.504. The predicted molar refractivity (Wildman–Crippen MR) is 125 cm³/mol. The maximum Gasteiger partial charge on any atom is 0.270 e. The van der Waals surface area contributed by atoms with Gasteiger partial charge in [-0.15, -0.1) is 10.2 Å². The van der Waals surface area contributed by atoms with Gasteiger partial charge < -0.3 is 15.8 Å². The van der Waals surface area contributed by atoms with E-state index in [4.69, 9.17) is 10.5 Å². The molecule has 1 aliphatic rings. The van der Waals surface area contributed by atoms with E-state index >= 15 is 0 Å². The lowest BCUT2D eigenvalue weighted by Crippen LogP contribution is -2.29. The molecule has 0 spiro atoms. The monoisotopic (exact) mass is 481 g/mol. The number of nitrogens with two attached hydrogens (primary N) is 1. The summed E-state index contributed by atoms with van der Waals surface area (Å²) in [6, 6.07) is 7.82. The summed E-state index contributed by atoms with van der Waals surface area (Å²) in [5.74, 6) is -0.238. The Labute approximate surface area is 202 Å². The number of carbonyl (C=O) groups excluding carboxylic acids is 2. The van der Waals surface area contributed by atoms with Crippen LogP contribution in [0.2, 0.25) is 0 Å².